The largest absolute Gasteiger partial charge is 0.478 e. The molecule has 1 saturated heterocycles. The SMILES string of the molecule is O=C(O)c1ccccc1CN1CC[C@@H](Cc2cccc(CO)c2)C1. The van der Waals surface area contributed by atoms with E-state index in [1.165, 1.54) is 5.56 Å². The molecule has 1 heterocycles. The molecule has 126 valence electrons. The van der Waals surface area contributed by atoms with E-state index >= 15 is 0 Å². The van der Waals surface area contributed by atoms with E-state index < -0.39 is 5.97 Å². The van der Waals surface area contributed by atoms with Crippen LogP contribution >= 0.6 is 0 Å². The van der Waals surface area contributed by atoms with Crippen molar-refractivity contribution in [3.05, 3.63) is 70.8 Å². The number of hydrogen-bond donors (Lipinski definition) is 2. The maximum Gasteiger partial charge on any atom is 0.336 e. The van der Waals surface area contributed by atoms with Gasteiger partial charge in [-0.15, -0.1) is 0 Å². The van der Waals surface area contributed by atoms with E-state index in [0.29, 0.717) is 18.0 Å². The Morgan fingerprint density at radius 2 is 1.92 bits per heavy atom. The van der Waals surface area contributed by atoms with Crippen LogP contribution in [-0.2, 0) is 19.6 Å². The van der Waals surface area contributed by atoms with E-state index in [2.05, 4.69) is 17.0 Å². The average Bonchev–Trinajstić information content (AvgIpc) is 3.02. The molecule has 2 N–H and O–H groups in total. The number of benzene rings is 2. The molecule has 0 unspecified atom stereocenters. The topological polar surface area (TPSA) is 60.8 Å². The van der Waals surface area contributed by atoms with Gasteiger partial charge < -0.3 is 10.2 Å². The van der Waals surface area contributed by atoms with Crippen molar-refractivity contribution < 1.29 is 15.0 Å². The molecule has 4 nitrogen and oxygen atoms in total. The fraction of sp³-hybridized carbons (Fsp3) is 0.350. The normalized spacial score (nSPS) is 18.0. The molecule has 4 heteroatoms. The zero-order chi connectivity index (χ0) is 16.9. The predicted molar refractivity (Wildman–Crippen MR) is 92.9 cm³/mol. The molecule has 1 fully saturated rings. The second-order valence-electron chi connectivity index (χ2n) is 6.53. The first-order valence-electron chi connectivity index (χ1n) is 8.38. The number of aliphatic hydroxyl groups excluding tert-OH is 1. The minimum Gasteiger partial charge on any atom is -0.478 e. The molecule has 1 aliphatic heterocycles. The molecular weight excluding hydrogens is 302 g/mol. The Bertz CT molecular complexity index is 714. The predicted octanol–water partition coefficient (Wildman–Crippen LogP) is 2.94. The molecule has 2 aromatic carbocycles. The van der Waals surface area contributed by atoms with Gasteiger partial charge in [0.15, 0.2) is 0 Å². The van der Waals surface area contributed by atoms with Crippen molar-refractivity contribution in [3.63, 3.8) is 0 Å². The van der Waals surface area contributed by atoms with E-state index in [-0.39, 0.29) is 6.61 Å². The van der Waals surface area contributed by atoms with E-state index in [1.807, 2.05) is 24.3 Å². The van der Waals surface area contributed by atoms with Crippen LogP contribution < -0.4 is 0 Å². The Hall–Kier alpha value is -2.17. The summed E-state index contributed by atoms with van der Waals surface area (Å²) in [6.45, 7) is 2.75. The van der Waals surface area contributed by atoms with Crippen molar-refractivity contribution in [2.45, 2.75) is 26.0 Å². The summed E-state index contributed by atoms with van der Waals surface area (Å²) in [5.41, 5.74) is 3.50. The van der Waals surface area contributed by atoms with Gasteiger partial charge in [-0.05, 0) is 48.1 Å². The summed E-state index contributed by atoms with van der Waals surface area (Å²) in [4.78, 5) is 13.7. The second-order valence-corrected chi connectivity index (χ2v) is 6.53. The first-order valence-corrected chi connectivity index (χ1v) is 8.38. The zero-order valence-corrected chi connectivity index (χ0v) is 13.7. The van der Waals surface area contributed by atoms with Gasteiger partial charge >= 0.3 is 5.97 Å². The fourth-order valence-corrected chi connectivity index (χ4v) is 3.52. The highest BCUT2D eigenvalue weighted by molar-refractivity contribution is 5.89. The third kappa shape index (κ3) is 4.02. The second kappa shape index (κ2) is 7.60. The lowest BCUT2D eigenvalue weighted by molar-refractivity contribution is 0.0694. The van der Waals surface area contributed by atoms with Gasteiger partial charge in [-0.1, -0.05) is 42.5 Å². The Kier molecular flexibility index (Phi) is 5.28. The highest BCUT2D eigenvalue weighted by Crippen LogP contribution is 2.24. The van der Waals surface area contributed by atoms with E-state index in [1.54, 1.807) is 12.1 Å². The van der Waals surface area contributed by atoms with Crippen LogP contribution in [0.3, 0.4) is 0 Å². The van der Waals surface area contributed by atoms with Crippen LogP contribution in [0, 0.1) is 5.92 Å². The van der Waals surface area contributed by atoms with Gasteiger partial charge in [0.05, 0.1) is 12.2 Å². The molecule has 0 aromatic heterocycles. The summed E-state index contributed by atoms with van der Waals surface area (Å²) in [5.74, 6) is -0.280. The smallest absolute Gasteiger partial charge is 0.336 e. The number of carboxylic acid groups (broad SMARTS) is 1. The van der Waals surface area contributed by atoms with E-state index in [0.717, 1.165) is 37.1 Å². The summed E-state index contributed by atoms with van der Waals surface area (Å²) in [6.07, 6.45) is 2.13. The molecule has 3 rings (SSSR count). The van der Waals surface area contributed by atoms with Crippen molar-refractivity contribution in [1.82, 2.24) is 4.90 Å². The van der Waals surface area contributed by atoms with Crippen LogP contribution in [0.25, 0.3) is 0 Å². The maximum atomic E-state index is 11.3. The number of nitrogens with zero attached hydrogens (tertiary/aromatic N) is 1. The number of aromatic carboxylic acids is 1. The van der Waals surface area contributed by atoms with E-state index in [4.69, 9.17) is 0 Å². The number of likely N-dealkylation sites (tertiary alicyclic amines) is 1. The number of carboxylic acids is 1. The molecule has 24 heavy (non-hydrogen) atoms. The van der Waals surface area contributed by atoms with Crippen LogP contribution in [0.2, 0.25) is 0 Å². The minimum atomic E-state index is -0.859. The van der Waals surface area contributed by atoms with Gasteiger partial charge in [0.2, 0.25) is 0 Å². The molecule has 0 radical (unpaired) electrons. The van der Waals surface area contributed by atoms with Gasteiger partial charge in [-0.3, -0.25) is 4.90 Å². The van der Waals surface area contributed by atoms with Crippen molar-refractivity contribution in [3.8, 4) is 0 Å². The van der Waals surface area contributed by atoms with E-state index in [9.17, 15) is 15.0 Å². The molecule has 0 bridgehead atoms. The lowest BCUT2D eigenvalue weighted by atomic mass is 9.97. The number of rotatable bonds is 6. The van der Waals surface area contributed by atoms with Crippen molar-refractivity contribution >= 4 is 5.97 Å². The Balaban J connectivity index is 1.60. The molecule has 0 aliphatic carbocycles. The van der Waals surface area contributed by atoms with Crippen molar-refractivity contribution in [1.29, 1.82) is 0 Å². The molecular formula is C20H23NO3. The Morgan fingerprint density at radius 3 is 2.71 bits per heavy atom. The number of hydrogen-bond acceptors (Lipinski definition) is 3. The van der Waals surface area contributed by atoms with Gasteiger partial charge in [0, 0.05) is 13.1 Å². The highest BCUT2D eigenvalue weighted by Gasteiger charge is 2.24. The molecule has 1 atom stereocenters. The van der Waals surface area contributed by atoms with Crippen LogP contribution in [-0.4, -0.2) is 34.2 Å². The highest BCUT2D eigenvalue weighted by atomic mass is 16.4. The molecule has 0 amide bonds. The zero-order valence-electron chi connectivity index (χ0n) is 13.7. The lowest BCUT2D eigenvalue weighted by Gasteiger charge is -2.17. The monoisotopic (exact) mass is 325 g/mol. The average molecular weight is 325 g/mol. The summed E-state index contributed by atoms with van der Waals surface area (Å²) in [7, 11) is 0. The third-order valence-corrected chi connectivity index (χ3v) is 4.71. The molecule has 2 aromatic rings. The minimum absolute atomic E-state index is 0.0800. The number of carbonyl (C=O) groups is 1. The van der Waals surface area contributed by atoms with Crippen LogP contribution in [0.1, 0.15) is 33.5 Å². The summed E-state index contributed by atoms with van der Waals surface area (Å²) < 4.78 is 0. The van der Waals surface area contributed by atoms with Crippen LogP contribution in [0.4, 0.5) is 0 Å². The molecule has 0 saturated carbocycles. The first-order chi connectivity index (χ1) is 11.7. The summed E-state index contributed by atoms with van der Waals surface area (Å²) in [6, 6.07) is 15.4. The molecule has 1 aliphatic rings. The lowest BCUT2D eigenvalue weighted by Crippen LogP contribution is -2.22. The molecule has 0 spiro atoms. The Morgan fingerprint density at radius 1 is 1.12 bits per heavy atom. The van der Waals surface area contributed by atoms with Gasteiger partial charge in [0.25, 0.3) is 0 Å². The first kappa shape index (κ1) is 16.7. The van der Waals surface area contributed by atoms with Gasteiger partial charge in [-0.2, -0.15) is 0 Å². The van der Waals surface area contributed by atoms with Gasteiger partial charge in [0.1, 0.15) is 0 Å². The standard InChI is InChI=1S/C20H23NO3/c22-14-17-5-3-4-15(11-17)10-16-8-9-21(12-16)13-18-6-1-2-7-19(18)20(23)24/h1-7,11,16,22H,8-10,12-14H2,(H,23,24)/t16-/m0/s1. The quantitative estimate of drug-likeness (QED) is 0.857. The Labute approximate surface area is 142 Å². The van der Waals surface area contributed by atoms with Crippen molar-refractivity contribution in [2.75, 3.05) is 13.1 Å². The maximum absolute atomic E-state index is 11.3. The summed E-state index contributed by atoms with van der Waals surface area (Å²) >= 11 is 0. The third-order valence-electron chi connectivity index (χ3n) is 4.71. The van der Waals surface area contributed by atoms with Crippen LogP contribution in [0.15, 0.2) is 48.5 Å². The van der Waals surface area contributed by atoms with Gasteiger partial charge in [-0.25, -0.2) is 4.79 Å². The number of aliphatic hydroxyl groups is 1. The fourth-order valence-electron chi connectivity index (χ4n) is 3.52. The van der Waals surface area contributed by atoms with Crippen molar-refractivity contribution in [2.24, 2.45) is 5.92 Å². The van der Waals surface area contributed by atoms with Crippen LogP contribution in [0.5, 0.6) is 0 Å². The summed E-state index contributed by atoms with van der Waals surface area (Å²) in [5, 5.41) is 18.5.